The number of hydrogen-bond donors (Lipinski definition) is 1. The molecule has 3 heterocycles. The van der Waals surface area contributed by atoms with Gasteiger partial charge in [-0.15, -0.1) is 11.3 Å². The van der Waals surface area contributed by atoms with Crippen LogP contribution in [0.3, 0.4) is 0 Å². The van der Waals surface area contributed by atoms with Crippen LogP contribution < -0.4 is 4.72 Å². The van der Waals surface area contributed by atoms with Crippen molar-refractivity contribution in [3.8, 4) is 0 Å². The highest BCUT2D eigenvalue weighted by molar-refractivity contribution is 7.87. The van der Waals surface area contributed by atoms with Crippen LogP contribution in [0.5, 0.6) is 0 Å². The molecule has 2 aliphatic rings. The Labute approximate surface area is 131 Å². The summed E-state index contributed by atoms with van der Waals surface area (Å²) in [7, 11) is -3.28. The Kier molecular flexibility index (Phi) is 4.96. The van der Waals surface area contributed by atoms with Gasteiger partial charge in [-0.05, 0) is 36.3 Å². The Morgan fingerprint density at radius 3 is 2.81 bits per heavy atom. The van der Waals surface area contributed by atoms with E-state index < -0.39 is 10.2 Å². The Morgan fingerprint density at radius 2 is 2.00 bits per heavy atom. The van der Waals surface area contributed by atoms with Crippen molar-refractivity contribution in [2.45, 2.75) is 32.2 Å². The number of fused-ring (bicyclic) bond motifs is 1. The van der Waals surface area contributed by atoms with Gasteiger partial charge in [-0.25, -0.2) is 4.72 Å². The van der Waals surface area contributed by atoms with Gasteiger partial charge in [-0.2, -0.15) is 12.7 Å². The molecule has 0 atom stereocenters. The highest BCUT2D eigenvalue weighted by Crippen LogP contribution is 2.23. The lowest BCUT2D eigenvalue weighted by Gasteiger charge is -2.28. The monoisotopic (exact) mass is 329 g/mol. The van der Waals surface area contributed by atoms with Crippen LogP contribution in [0.25, 0.3) is 0 Å². The summed E-state index contributed by atoms with van der Waals surface area (Å²) in [4.78, 5) is 3.81. The first-order chi connectivity index (χ1) is 10.1. The summed E-state index contributed by atoms with van der Waals surface area (Å²) >= 11 is 1.83. The fourth-order valence-electron chi connectivity index (χ4n) is 3.03. The third-order valence-electron chi connectivity index (χ3n) is 4.25. The molecule has 0 saturated carbocycles. The van der Waals surface area contributed by atoms with Crippen LogP contribution in [0, 0.1) is 0 Å². The van der Waals surface area contributed by atoms with E-state index >= 15 is 0 Å². The number of nitrogens with one attached hydrogen (secondary N) is 1. The summed E-state index contributed by atoms with van der Waals surface area (Å²) in [5.74, 6) is 0. The van der Waals surface area contributed by atoms with E-state index in [9.17, 15) is 8.42 Å². The maximum atomic E-state index is 12.2. The van der Waals surface area contributed by atoms with Crippen molar-refractivity contribution in [2.24, 2.45) is 0 Å². The zero-order valence-electron chi connectivity index (χ0n) is 12.3. The Morgan fingerprint density at radius 1 is 1.19 bits per heavy atom. The molecule has 0 aromatic carbocycles. The SMILES string of the molecule is O=S(=O)(NCCN1CCc2sccc2C1)N1CCCCC1. The van der Waals surface area contributed by atoms with Crippen molar-refractivity contribution in [1.82, 2.24) is 13.9 Å². The molecular weight excluding hydrogens is 306 g/mol. The van der Waals surface area contributed by atoms with Gasteiger partial charge in [0.05, 0.1) is 0 Å². The minimum absolute atomic E-state index is 0.498. The Bertz CT molecular complexity index is 565. The number of hydrogen-bond acceptors (Lipinski definition) is 4. The molecule has 0 spiro atoms. The molecule has 0 bridgehead atoms. The van der Waals surface area contributed by atoms with Gasteiger partial charge in [0.1, 0.15) is 0 Å². The second kappa shape index (κ2) is 6.75. The number of rotatable bonds is 5. The number of piperidine rings is 1. The maximum Gasteiger partial charge on any atom is 0.279 e. The molecule has 0 aliphatic carbocycles. The zero-order valence-corrected chi connectivity index (χ0v) is 13.9. The molecule has 1 saturated heterocycles. The smallest absolute Gasteiger partial charge is 0.279 e. The first-order valence-corrected chi connectivity index (χ1v) is 9.99. The molecule has 2 aliphatic heterocycles. The van der Waals surface area contributed by atoms with Gasteiger partial charge in [0.15, 0.2) is 0 Å². The van der Waals surface area contributed by atoms with E-state index in [-0.39, 0.29) is 0 Å². The zero-order chi connectivity index (χ0) is 14.7. The molecule has 0 radical (unpaired) electrons. The van der Waals surface area contributed by atoms with Crippen molar-refractivity contribution in [3.63, 3.8) is 0 Å². The van der Waals surface area contributed by atoms with Crippen molar-refractivity contribution < 1.29 is 8.42 Å². The number of thiophene rings is 1. The van der Waals surface area contributed by atoms with E-state index in [2.05, 4.69) is 21.1 Å². The van der Waals surface area contributed by atoms with Crippen LogP contribution in [0.2, 0.25) is 0 Å². The predicted molar refractivity (Wildman–Crippen MR) is 85.6 cm³/mol. The molecule has 1 aromatic rings. The van der Waals surface area contributed by atoms with Gasteiger partial charge in [0.2, 0.25) is 0 Å². The van der Waals surface area contributed by atoms with Crippen LogP contribution in [-0.4, -0.2) is 50.3 Å². The van der Waals surface area contributed by atoms with Gasteiger partial charge >= 0.3 is 0 Å². The highest BCUT2D eigenvalue weighted by atomic mass is 32.2. The van der Waals surface area contributed by atoms with E-state index in [1.54, 1.807) is 4.31 Å². The van der Waals surface area contributed by atoms with Crippen molar-refractivity contribution in [1.29, 1.82) is 0 Å². The molecule has 1 N–H and O–H groups in total. The van der Waals surface area contributed by atoms with E-state index in [0.29, 0.717) is 19.6 Å². The summed E-state index contributed by atoms with van der Waals surface area (Å²) < 4.78 is 28.7. The normalized spacial score (nSPS) is 21.3. The van der Waals surface area contributed by atoms with Gasteiger partial charge in [0.25, 0.3) is 10.2 Å². The molecule has 1 aromatic heterocycles. The van der Waals surface area contributed by atoms with Crippen LogP contribution >= 0.6 is 11.3 Å². The molecule has 1 fully saturated rings. The van der Waals surface area contributed by atoms with Crippen LogP contribution in [-0.2, 0) is 23.2 Å². The molecular formula is C14H23N3O2S2. The first-order valence-electron chi connectivity index (χ1n) is 7.67. The topological polar surface area (TPSA) is 52.7 Å². The van der Waals surface area contributed by atoms with Crippen molar-refractivity contribution >= 4 is 21.5 Å². The maximum absolute atomic E-state index is 12.2. The third kappa shape index (κ3) is 3.84. The van der Waals surface area contributed by atoms with E-state index in [4.69, 9.17) is 0 Å². The lowest BCUT2D eigenvalue weighted by molar-refractivity contribution is 0.259. The van der Waals surface area contributed by atoms with E-state index in [1.807, 2.05) is 11.3 Å². The molecule has 0 amide bonds. The predicted octanol–water partition coefficient (Wildman–Crippen LogP) is 1.43. The lowest BCUT2D eigenvalue weighted by Crippen LogP contribution is -2.46. The molecule has 0 unspecified atom stereocenters. The minimum atomic E-state index is -3.28. The van der Waals surface area contributed by atoms with E-state index in [0.717, 1.165) is 45.3 Å². The molecule has 5 nitrogen and oxygen atoms in total. The summed E-state index contributed by atoms with van der Waals surface area (Å²) in [5, 5.41) is 2.15. The Hall–Kier alpha value is -0.470. The van der Waals surface area contributed by atoms with Crippen molar-refractivity contribution in [2.75, 3.05) is 32.7 Å². The molecule has 3 rings (SSSR count). The minimum Gasteiger partial charge on any atom is -0.297 e. The molecule has 7 heteroatoms. The van der Waals surface area contributed by atoms with Gasteiger partial charge in [-0.1, -0.05) is 6.42 Å². The van der Waals surface area contributed by atoms with Crippen LogP contribution in [0.15, 0.2) is 11.4 Å². The lowest BCUT2D eigenvalue weighted by atomic mass is 10.1. The second-order valence-corrected chi connectivity index (χ2v) is 8.51. The number of nitrogens with zero attached hydrogens (tertiary/aromatic N) is 2. The summed E-state index contributed by atoms with van der Waals surface area (Å²) in [6.07, 6.45) is 4.19. The Balaban J connectivity index is 1.46. The third-order valence-corrected chi connectivity index (χ3v) is 6.89. The van der Waals surface area contributed by atoms with Gasteiger partial charge in [0, 0.05) is 44.1 Å². The largest absolute Gasteiger partial charge is 0.297 e. The quantitative estimate of drug-likeness (QED) is 0.889. The molecule has 118 valence electrons. The van der Waals surface area contributed by atoms with Gasteiger partial charge in [-0.3, -0.25) is 4.90 Å². The van der Waals surface area contributed by atoms with E-state index in [1.165, 1.54) is 10.4 Å². The summed E-state index contributed by atoms with van der Waals surface area (Å²) in [5.41, 5.74) is 1.41. The fraction of sp³-hybridized carbons (Fsp3) is 0.714. The highest BCUT2D eigenvalue weighted by Gasteiger charge is 2.23. The average Bonchev–Trinajstić information content (AvgIpc) is 2.95. The standard InChI is InChI=1S/C14H23N3O2S2/c18-21(19,17-7-2-1-3-8-17)15-6-10-16-9-4-14-13(12-16)5-11-20-14/h5,11,15H,1-4,6-10,12H2. The fourth-order valence-corrected chi connectivity index (χ4v) is 5.19. The molecule has 21 heavy (non-hydrogen) atoms. The average molecular weight is 329 g/mol. The van der Waals surface area contributed by atoms with Gasteiger partial charge < -0.3 is 0 Å². The summed E-state index contributed by atoms with van der Waals surface area (Å²) in [6.45, 7) is 4.58. The van der Waals surface area contributed by atoms with Crippen LogP contribution in [0.1, 0.15) is 29.7 Å². The second-order valence-electron chi connectivity index (χ2n) is 5.75. The first kappa shape index (κ1) is 15.4. The van der Waals surface area contributed by atoms with Crippen molar-refractivity contribution in [3.05, 3.63) is 21.9 Å². The van der Waals surface area contributed by atoms with Crippen LogP contribution in [0.4, 0.5) is 0 Å². The summed E-state index contributed by atoms with van der Waals surface area (Å²) in [6, 6.07) is 2.18.